The molecular formula is C25H26N6O5. The lowest BCUT2D eigenvalue weighted by molar-refractivity contribution is -0.141. The normalized spacial score (nSPS) is 10.3. The van der Waals surface area contributed by atoms with E-state index in [4.69, 9.17) is 9.47 Å². The van der Waals surface area contributed by atoms with Crippen LogP contribution in [0.4, 0.5) is 22.7 Å². The number of amides is 1. The highest BCUT2D eigenvalue weighted by atomic mass is 16.5. The number of rotatable bonds is 10. The van der Waals surface area contributed by atoms with Crippen LogP contribution < -0.4 is 10.2 Å². The predicted molar refractivity (Wildman–Crippen MR) is 131 cm³/mol. The minimum Gasteiger partial charge on any atom is -0.464 e. The topological polar surface area (TPSA) is 157 Å². The fraction of sp³-hybridized carbons (Fsp3) is 0.320. The third kappa shape index (κ3) is 8.22. The summed E-state index contributed by atoms with van der Waals surface area (Å²) in [5.74, 6) is -1.19. The minimum atomic E-state index is -0.422. The lowest BCUT2D eigenvalue weighted by Gasteiger charge is -2.25. The van der Waals surface area contributed by atoms with E-state index in [1.807, 2.05) is 17.0 Å². The number of hydrogen-bond acceptors (Lipinski definition) is 10. The number of nitriles is 2. The van der Waals surface area contributed by atoms with E-state index in [0.29, 0.717) is 30.2 Å². The average molecular weight is 491 g/mol. The highest BCUT2D eigenvalue weighted by Gasteiger charge is 2.14. The van der Waals surface area contributed by atoms with Gasteiger partial charge in [-0.2, -0.15) is 10.5 Å². The molecule has 0 saturated carbocycles. The van der Waals surface area contributed by atoms with Crippen LogP contribution in [0, 0.1) is 29.6 Å². The first-order valence-corrected chi connectivity index (χ1v) is 10.9. The van der Waals surface area contributed by atoms with Crippen molar-refractivity contribution in [2.24, 2.45) is 10.2 Å². The van der Waals surface area contributed by atoms with Gasteiger partial charge in [-0.25, -0.2) is 0 Å². The first-order chi connectivity index (χ1) is 17.1. The van der Waals surface area contributed by atoms with Gasteiger partial charge in [-0.3, -0.25) is 14.4 Å². The molecule has 0 spiro atoms. The lowest BCUT2D eigenvalue weighted by atomic mass is 10.1. The van der Waals surface area contributed by atoms with Crippen LogP contribution in [-0.2, 0) is 23.9 Å². The monoisotopic (exact) mass is 490 g/mol. The van der Waals surface area contributed by atoms with Gasteiger partial charge in [-0.1, -0.05) is 0 Å². The Labute approximate surface area is 208 Å². The van der Waals surface area contributed by atoms with Crippen molar-refractivity contribution in [1.29, 1.82) is 10.5 Å². The fourth-order valence-electron chi connectivity index (χ4n) is 3.23. The van der Waals surface area contributed by atoms with Crippen molar-refractivity contribution in [3.05, 3.63) is 47.0 Å². The Kier molecular flexibility index (Phi) is 10.1. The number of ether oxygens (including phenoxy) is 2. The van der Waals surface area contributed by atoms with Crippen LogP contribution >= 0.6 is 0 Å². The van der Waals surface area contributed by atoms with Crippen LogP contribution in [0.2, 0.25) is 0 Å². The molecule has 186 valence electrons. The van der Waals surface area contributed by atoms with Gasteiger partial charge in [-0.05, 0) is 42.8 Å². The Morgan fingerprint density at radius 2 is 1.47 bits per heavy atom. The van der Waals surface area contributed by atoms with Gasteiger partial charge < -0.3 is 19.7 Å². The number of nitrogens with one attached hydrogen (secondary N) is 1. The van der Waals surface area contributed by atoms with Gasteiger partial charge in [-0.15, -0.1) is 10.2 Å². The summed E-state index contributed by atoms with van der Waals surface area (Å²) in [6.07, 6.45) is 0. The highest BCUT2D eigenvalue weighted by Crippen LogP contribution is 2.33. The molecule has 0 aromatic heterocycles. The van der Waals surface area contributed by atoms with Gasteiger partial charge in [0.2, 0.25) is 5.91 Å². The van der Waals surface area contributed by atoms with E-state index in [1.54, 1.807) is 37.3 Å². The maximum Gasteiger partial charge on any atom is 0.302 e. The molecule has 0 aliphatic carbocycles. The lowest BCUT2D eigenvalue weighted by Crippen LogP contribution is -2.32. The second-order valence-corrected chi connectivity index (χ2v) is 7.68. The molecule has 0 aliphatic rings. The van der Waals surface area contributed by atoms with Crippen molar-refractivity contribution >= 4 is 40.6 Å². The van der Waals surface area contributed by atoms with Crippen LogP contribution in [0.1, 0.15) is 37.5 Å². The minimum absolute atomic E-state index is 0.105. The van der Waals surface area contributed by atoms with E-state index in [9.17, 15) is 24.9 Å². The second-order valence-electron chi connectivity index (χ2n) is 7.68. The second kappa shape index (κ2) is 13.2. The van der Waals surface area contributed by atoms with Crippen LogP contribution in [0.25, 0.3) is 0 Å². The number of carbonyl (C=O) groups is 3. The maximum absolute atomic E-state index is 11.9. The first kappa shape index (κ1) is 27.5. The molecule has 0 aliphatic heterocycles. The van der Waals surface area contributed by atoms with Gasteiger partial charge in [0.25, 0.3) is 0 Å². The van der Waals surface area contributed by atoms with Gasteiger partial charge in [0.15, 0.2) is 0 Å². The fourth-order valence-corrected chi connectivity index (χ4v) is 3.23. The molecule has 36 heavy (non-hydrogen) atoms. The molecule has 0 radical (unpaired) electrons. The van der Waals surface area contributed by atoms with E-state index in [2.05, 4.69) is 15.5 Å². The number of aryl methyl sites for hydroxylation is 1. The van der Waals surface area contributed by atoms with E-state index >= 15 is 0 Å². The maximum atomic E-state index is 11.9. The molecule has 0 bridgehead atoms. The Hall–Kier alpha value is -4.77. The van der Waals surface area contributed by atoms with E-state index in [1.165, 1.54) is 20.8 Å². The van der Waals surface area contributed by atoms with Crippen molar-refractivity contribution in [2.75, 3.05) is 36.5 Å². The summed E-state index contributed by atoms with van der Waals surface area (Å²) in [7, 11) is 0. The molecule has 2 aromatic carbocycles. The molecule has 2 rings (SSSR count). The van der Waals surface area contributed by atoms with E-state index in [0.717, 1.165) is 5.56 Å². The van der Waals surface area contributed by atoms with Gasteiger partial charge in [0.05, 0.1) is 29.9 Å². The summed E-state index contributed by atoms with van der Waals surface area (Å²) in [4.78, 5) is 36.0. The Bertz CT molecular complexity index is 1200. The number of nitrogens with zero attached hydrogens (tertiary/aromatic N) is 5. The third-order valence-electron chi connectivity index (χ3n) is 4.74. The van der Waals surface area contributed by atoms with E-state index in [-0.39, 0.29) is 35.9 Å². The Morgan fingerprint density at radius 3 is 1.94 bits per heavy atom. The van der Waals surface area contributed by atoms with Gasteiger partial charge in [0, 0.05) is 26.5 Å². The molecule has 0 unspecified atom stereocenters. The SMILES string of the molecule is CC(=O)Nc1cc(N(CCOC(C)=O)CCOC(C)=O)ccc1N=Nc1c(C#N)cc(C)cc1C#N. The molecule has 1 N–H and O–H groups in total. The molecule has 0 atom stereocenters. The summed E-state index contributed by atoms with van der Waals surface area (Å²) in [6, 6.07) is 12.2. The number of anilines is 2. The largest absolute Gasteiger partial charge is 0.464 e. The first-order valence-electron chi connectivity index (χ1n) is 10.9. The molecule has 1 amide bonds. The standard InChI is InChI=1S/C25H26N6O5/c1-16-11-20(14-26)25(21(12-16)15-27)30-29-23-6-5-22(13-24(23)28-17(2)32)31(7-9-35-18(3)33)8-10-36-19(4)34/h5-6,11-13H,7-10H2,1-4H3,(H,28,32). The number of azo groups is 1. The molecule has 0 fully saturated rings. The Balaban J connectivity index is 2.44. The molecule has 2 aromatic rings. The Morgan fingerprint density at radius 1 is 0.917 bits per heavy atom. The third-order valence-corrected chi connectivity index (χ3v) is 4.74. The molecule has 11 nitrogen and oxygen atoms in total. The predicted octanol–water partition coefficient (Wildman–Crippen LogP) is 4.04. The average Bonchev–Trinajstić information content (AvgIpc) is 2.81. The summed E-state index contributed by atoms with van der Waals surface area (Å²) in [6.45, 7) is 6.55. The molecule has 11 heteroatoms. The van der Waals surface area contributed by atoms with Crippen molar-refractivity contribution in [2.45, 2.75) is 27.7 Å². The van der Waals surface area contributed by atoms with Gasteiger partial charge >= 0.3 is 11.9 Å². The summed E-state index contributed by atoms with van der Waals surface area (Å²) >= 11 is 0. The van der Waals surface area contributed by atoms with Crippen molar-refractivity contribution < 1.29 is 23.9 Å². The van der Waals surface area contributed by atoms with Crippen LogP contribution in [0.3, 0.4) is 0 Å². The molecular weight excluding hydrogens is 464 g/mol. The molecule has 0 saturated heterocycles. The van der Waals surface area contributed by atoms with Crippen molar-refractivity contribution in [1.82, 2.24) is 0 Å². The summed E-state index contributed by atoms with van der Waals surface area (Å²) in [5, 5.41) is 29.9. The quantitative estimate of drug-likeness (QED) is 0.386. The zero-order chi connectivity index (χ0) is 26.7. The zero-order valence-corrected chi connectivity index (χ0v) is 20.5. The highest BCUT2D eigenvalue weighted by molar-refractivity contribution is 5.93. The van der Waals surface area contributed by atoms with Crippen LogP contribution in [0.15, 0.2) is 40.6 Å². The van der Waals surface area contributed by atoms with Crippen molar-refractivity contribution in [3.63, 3.8) is 0 Å². The molecule has 0 heterocycles. The number of hydrogen-bond donors (Lipinski definition) is 1. The van der Waals surface area contributed by atoms with Gasteiger partial charge in [0.1, 0.15) is 36.7 Å². The number of carbonyl (C=O) groups excluding carboxylic acids is 3. The zero-order valence-electron chi connectivity index (χ0n) is 20.5. The smallest absolute Gasteiger partial charge is 0.302 e. The van der Waals surface area contributed by atoms with Crippen LogP contribution in [-0.4, -0.2) is 44.1 Å². The van der Waals surface area contributed by atoms with Crippen molar-refractivity contribution in [3.8, 4) is 12.1 Å². The van der Waals surface area contributed by atoms with Crippen LogP contribution in [0.5, 0.6) is 0 Å². The number of benzene rings is 2. The van der Waals surface area contributed by atoms with E-state index < -0.39 is 11.9 Å². The number of esters is 2. The summed E-state index contributed by atoms with van der Waals surface area (Å²) in [5.41, 5.74) is 2.55. The summed E-state index contributed by atoms with van der Waals surface area (Å²) < 4.78 is 10.1.